The van der Waals surface area contributed by atoms with E-state index in [-0.39, 0.29) is 12.0 Å². The predicted molar refractivity (Wildman–Crippen MR) is 200 cm³/mol. The number of benzene rings is 4. The average molecular weight is 707 g/mol. The third kappa shape index (κ3) is 6.44. The summed E-state index contributed by atoms with van der Waals surface area (Å²) in [7, 11) is -3.23. The molecule has 0 radical (unpaired) electrons. The van der Waals surface area contributed by atoms with Crippen LogP contribution in [0.25, 0.3) is 10.9 Å². The van der Waals surface area contributed by atoms with Crippen LogP contribution in [0.15, 0.2) is 103 Å². The van der Waals surface area contributed by atoms with E-state index >= 15 is 13.2 Å². The van der Waals surface area contributed by atoms with Gasteiger partial charge in [0.25, 0.3) is 14.2 Å². The zero-order valence-corrected chi connectivity index (χ0v) is 30.6. The first-order valence-electron chi connectivity index (χ1n) is 17.8. The van der Waals surface area contributed by atoms with Crippen LogP contribution in [0.5, 0.6) is 0 Å². The molecule has 0 bridgehead atoms. The second-order valence-electron chi connectivity index (χ2n) is 15.3. The Kier molecular flexibility index (Phi) is 9.48. The van der Waals surface area contributed by atoms with Crippen molar-refractivity contribution in [3.8, 4) is 6.07 Å². The van der Waals surface area contributed by atoms with Gasteiger partial charge in [-0.05, 0) is 57.6 Å². The summed E-state index contributed by atoms with van der Waals surface area (Å²) in [4.78, 5) is 5.35. The predicted octanol–water partition coefficient (Wildman–Crippen LogP) is 7.82. The molecule has 5 aromatic rings. The Bertz CT molecular complexity index is 2000. The van der Waals surface area contributed by atoms with Crippen molar-refractivity contribution in [2.75, 3.05) is 26.2 Å². The van der Waals surface area contributed by atoms with Crippen molar-refractivity contribution in [3.05, 3.63) is 131 Å². The highest BCUT2D eigenvalue weighted by Crippen LogP contribution is 2.44. The van der Waals surface area contributed by atoms with Gasteiger partial charge in [0, 0.05) is 41.6 Å². The van der Waals surface area contributed by atoms with Gasteiger partial charge in [-0.2, -0.15) is 5.26 Å². The maximum Gasteiger partial charge on any atom is 0.282 e. The van der Waals surface area contributed by atoms with Gasteiger partial charge < -0.3 is 14.7 Å². The molecule has 9 heteroatoms. The average Bonchev–Trinajstić information content (AvgIpc) is 3.46. The van der Waals surface area contributed by atoms with Crippen LogP contribution in [0.2, 0.25) is 5.04 Å². The molecule has 1 saturated heterocycles. The molecule has 2 aliphatic rings. The van der Waals surface area contributed by atoms with E-state index in [1.54, 1.807) is 18.2 Å². The summed E-state index contributed by atoms with van der Waals surface area (Å²) in [6.07, 6.45) is -0.650. The molecule has 0 amide bonds. The minimum atomic E-state index is -3.25. The topological polar surface area (TPSA) is 64.1 Å². The van der Waals surface area contributed by atoms with Gasteiger partial charge in [0.05, 0.1) is 30.8 Å². The van der Waals surface area contributed by atoms with E-state index in [0.717, 1.165) is 32.5 Å². The quantitative estimate of drug-likeness (QED) is 0.146. The number of hydrogen-bond acceptors (Lipinski definition) is 4. The van der Waals surface area contributed by atoms with Gasteiger partial charge in [-0.15, -0.1) is 0 Å². The molecular formula is C42H45F3N4OSi. The van der Waals surface area contributed by atoms with Crippen molar-refractivity contribution >= 4 is 29.6 Å². The van der Waals surface area contributed by atoms with Crippen LogP contribution in [0, 0.1) is 17.2 Å². The second kappa shape index (κ2) is 13.7. The fourth-order valence-electron chi connectivity index (χ4n) is 8.25. The lowest BCUT2D eigenvalue weighted by atomic mass is 9.84. The van der Waals surface area contributed by atoms with E-state index in [1.165, 1.54) is 0 Å². The fourth-order valence-corrected chi connectivity index (χ4v) is 12.8. The minimum absolute atomic E-state index is 0.150. The molecule has 2 N–H and O–H groups in total. The Morgan fingerprint density at radius 1 is 0.922 bits per heavy atom. The van der Waals surface area contributed by atoms with Crippen LogP contribution in [-0.4, -0.2) is 56.4 Å². The fraction of sp³-hybridized carbons (Fsp3) is 0.357. The summed E-state index contributed by atoms with van der Waals surface area (Å²) in [6, 6.07) is 34.0. The van der Waals surface area contributed by atoms with Crippen molar-refractivity contribution in [3.63, 3.8) is 0 Å². The molecule has 1 aromatic heterocycles. The number of fused-ring (bicyclic) bond motifs is 3. The van der Waals surface area contributed by atoms with Crippen molar-refractivity contribution in [2.45, 2.75) is 63.3 Å². The van der Waals surface area contributed by atoms with Crippen molar-refractivity contribution in [1.29, 1.82) is 5.26 Å². The van der Waals surface area contributed by atoms with E-state index in [1.807, 2.05) is 96.8 Å². The Hall–Kier alpha value is -4.20. The molecule has 2 aliphatic heterocycles. The molecule has 0 spiro atoms. The molecule has 3 heterocycles. The van der Waals surface area contributed by atoms with Gasteiger partial charge in [-0.3, -0.25) is 4.90 Å². The van der Waals surface area contributed by atoms with Crippen LogP contribution in [-0.2, 0) is 10.8 Å². The van der Waals surface area contributed by atoms with E-state index < -0.39 is 44.6 Å². The molecular weight excluding hydrogens is 662 g/mol. The lowest BCUT2D eigenvalue weighted by Gasteiger charge is -2.45. The summed E-state index contributed by atoms with van der Waals surface area (Å²) < 4.78 is 55.8. The molecule has 3 atom stereocenters. The summed E-state index contributed by atoms with van der Waals surface area (Å²) in [6.45, 7) is 8.02. The van der Waals surface area contributed by atoms with Gasteiger partial charge in [0.15, 0.2) is 0 Å². The number of hydrogen-bond donors (Lipinski definition) is 2. The number of halogens is 3. The highest BCUT2D eigenvalue weighted by molar-refractivity contribution is 6.99. The SMILES string of the molecule is C[C@@H]1Cc2c([nH]c3ccccc23)[C@@H](c2ccc(C(F)C3CNC3)cc2C#N)N1CC(F)(F)CO[Si](c1ccccc1)(c1ccccc1)C(C)(C)C. The van der Waals surface area contributed by atoms with Crippen molar-refractivity contribution in [1.82, 2.24) is 15.2 Å². The Labute approximate surface area is 299 Å². The number of H-pyrrole nitrogens is 1. The lowest BCUT2D eigenvalue weighted by molar-refractivity contribution is -0.0821. The van der Waals surface area contributed by atoms with Crippen LogP contribution >= 0.6 is 0 Å². The highest BCUT2D eigenvalue weighted by atomic mass is 28.4. The van der Waals surface area contributed by atoms with Gasteiger partial charge in [-0.25, -0.2) is 13.2 Å². The van der Waals surface area contributed by atoms with Crippen LogP contribution in [0.1, 0.15) is 67.9 Å². The van der Waals surface area contributed by atoms with Gasteiger partial charge in [-0.1, -0.05) is 112 Å². The number of rotatable bonds is 10. The highest BCUT2D eigenvalue weighted by Gasteiger charge is 2.52. The molecule has 0 saturated carbocycles. The molecule has 1 fully saturated rings. The van der Waals surface area contributed by atoms with Crippen molar-refractivity contribution < 1.29 is 17.6 Å². The Balaban J connectivity index is 1.28. The third-order valence-electron chi connectivity index (χ3n) is 10.9. The maximum absolute atomic E-state index is 16.8. The Morgan fingerprint density at radius 2 is 1.55 bits per heavy atom. The summed E-state index contributed by atoms with van der Waals surface area (Å²) in [5.41, 5.74) is 4.09. The van der Waals surface area contributed by atoms with Crippen molar-refractivity contribution in [2.24, 2.45) is 5.92 Å². The molecule has 264 valence electrons. The number of para-hydroxylation sites is 1. The van der Waals surface area contributed by atoms with Crippen LogP contribution in [0.3, 0.4) is 0 Å². The molecule has 1 unspecified atom stereocenters. The van der Waals surface area contributed by atoms with E-state index in [4.69, 9.17) is 4.43 Å². The summed E-state index contributed by atoms with van der Waals surface area (Å²) >= 11 is 0. The first-order chi connectivity index (χ1) is 24.4. The molecule has 5 nitrogen and oxygen atoms in total. The van der Waals surface area contributed by atoms with E-state index in [9.17, 15) is 5.26 Å². The smallest absolute Gasteiger partial charge is 0.282 e. The van der Waals surface area contributed by atoms with Crippen LogP contribution in [0.4, 0.5) is 13.2 Å². The number of aromatic nitrogens is 1. The molecule has 4 aromatic carbocycles. The largest absolute Gasteiger partial charge is 0.401 e. The summed E-state index contributed by atoms with van der Waals surface area (Å²) in [5.74, 6) is -3.40. The van der Waals surface area contributed by atoms with Gasteiger partial charge in [0.1, 0.15) is 6.17 Å². The first kappa shape index (κ1) is 35.2. The third-order valence-corrected chi connectivity index (χ3v) is 15.9. The lowest BCUT2D eigenvalue weighted by Crippen LogP contribution is -2.67. The second-order valence-corrected chi connectivity index (χ2v) is 19.6. The molecule has 7 rings (SSSR count). The van der Waals surface area contributed by atoms with E-state index in [2.05, 4.69) is 37.1 Å². The van der Waals surface area contributed by atoms with Gasteiger partial charge >= 0.3 is 0 Å². The first-order valence-corrected chi connectivity index (χ1v) is 19.7. The zero-order chi connectivity index (χ0) is 36.0. The van der Waals surface area contributed by atoms with Gasteiger partial charge in [0.2, 0.25) is 0 Å². The number of aromatic amines is 1. The summed E-state index contributed by atoms with van der Waals surface area (Å²) in [5, 5.41) is 16.0. The number of alkyl halides is 3. The standard InChI is InChI=1S/C42H45F3N4OSi/c1-28-21-36-35-17-11-12-18-37(35)48-39(36)40(34-20-19-29(22-30(34)23-46)38(43)31-24-47-25-31)49(28)26-42(44,45)27-50-51(41(2,3)4,32-13-7-5-8-14-32)33-15-9-6-10-16-33/h5-20,22,28,31,38,40,47-48H,21,24-27H2,1-4H3/t28-,38?,40-/m1/s1. The number of nitrogens with zero attached hydrogens (tertiary/aromatic N) is 2. The minimum Gasteiger partial charge on any atom is -0.401 e. The molecule has 51 heavy (non-hydrogen) atoms. The molecule has 0 aliphatic carbocycles. The van der Waals surface area contributed by atoms with E-state index in [0.29, 0.717) is 36.2 Å². The number of nitrogens with one attached hydrogen (secondary N) is 2. The normalized spacial score (nSPS) is 19.3. The number of nitriles is 1. The maximum atomic E-state index is 16.8. The Morgan fingerprint density at radius 3 is 2.14 bits per heavy atom. The zero-order valence-electron chi connectivity index (χ0n) is 29.6. The van der Waals surface area contributed by atoms with Crippen LogP contribution < -0.4 is 15.7 Å². The monoisotopic (exact) mass is 706 g/mol.